The fourth-order valence-electron chi connectivity index (χ4n) is 4.70. The Labute approximate surface area is 189 Å². The van der Waals surface area contributed by atoms with Crippen molar-refractivity contribution in [3.05, 3.63) is 71.3 Å². The van der Waals surface area contributed by atoms with Gasteiger partial charge in [0.2, 0.25) is 0 Å². The Hall–Kier alpha value is -2.22. The molecule has 0 atom stereocenters. The third kappa shape index (κ3) is 7.76. The van der Waals surface area contributed by atoms with Crippen LogP contribution in [0.1, 0.15) is 94.7 Å². The summed E-state index contributed by atoms with van der Waals surface area (Å²) in [5, 5.41) is 9.30. The lowest BCUT2D eigenvalue weighted by molar-refractivity contribution is 0.299. The molecule has 2 aromatic carbocycles. The summed E-state index contributed by atoms with van der Waals surface area (Å²) in [7, 11) is 0. The SMILES string of the molecule is CCCCCC1CCC(C(=NN=Cc2ccc(CCCC)cc2)c2ccccc2)CC1. The quantitative estimate of drug-likeness (QED) is 0.200. The average molecular weight is 417 g/mol. The third-order valence-electron chi connectivity index (χ3n) is 6.69. The van der Waals surface area contributed by atoms with Gasteiger partial charge in [-0.2, -0.15) is 10.2 Å². The Morgan fingerprint density at radius 1 is 0.839 bits per heavy atom. The number of hydrogen-bond donors (Lipinski definition) is 0. The van der Waals surface area contributed by atoms with Gasteiger partial charge in [0, 0.05) is 5.92 Å². The van der Waals surface area contributed by atoms with Gasteiger partial charge >= 0.3 is 0 Å². The Morgan fingerprint density at radius 3 is 2.23 bits per heavy atom. The number of hydrogen-bond acceptors (Lipinski definition) is 2. The number of aryl methyl sites for hydroxylation is 1. The van der Waals surface area contributed by atoms with Crippen molar-refractivity contribution in [1.29, 1.82) is 0 Å². The van der Waals surface area contributed by atoms with Crippen molar-refractivity contribution in [2.24, 2.45) is 22.0 Å². The topological polar surface area (TPSA) is 24.7 Å². The third-order valence-corrected chi connectivity index (χ3v) is 6.69. The van der Waals surface area contributed by atoms with E-state index in [1.807, 2.05) is 6.21 Å². The number of rotatable bonds is 11. The van der Waals surface area contributed by atoms with E-state index < -0.39 is 0 Å². The molecule has 0 aromatic heterocycles. The summed E-state index contributed by atoms with van der Waals surface area (Å²) < 4.78 is 0. The molecule has 3 rings (SSSR count). The van der Waals surface area contributed by atoms with Gasteiger partial charge in [0.25, 0.3) is 0 Å². The first kappa shape index (κ1) is 23.4. The smallest absolute Gasteiger partial charge is 0.0733 e. The average Bonchev–Trinajstić information content (AvgIpc) is 2.83. The minimum Gasteiger partial charge on any atom is -0.158 e. The van der Waals surface area contributed by atoms with Crippen LogP contribution in [0.5, 0.6) is 0 Å². The van der Waals surface area contributed by atoms with Crippen LogP contribution >= 0.6 is 0 Å². The molecule has 0 N–H and O–H groups in total. The van der Waals surface area contributed by atoms with Crippen LogP contribution in [0.3, 0.4) is 0 Å². The first-order chi connectivity index (χ1) is 15.3. The fourth-order valence-corrected chi connectivity index (χ4v) is 4.70. The molecule has 0 radical (unpaired) electrons. The van der Waals surface area contributed by atoms with Gasteiger partial charge in [0.1, 0.15) is 0 Å². The maximum Gasteiger partial charge on any atom is 0.0733 e. The zero-order valence-corrected chi connectivity index (χ0v) is 19.6. The van der Waals surface area contributed by atoms with Crippen molar-refractivity contribution in [3.63, 3.8) is 0 Å². The van der Waals surface area contributed by atoms with Crippen LogP contribution in [0.15, 0.2) is 64.8 Å². The maximum absolute atomic E-state index is 4.77. The second kappa shape index (κ2) is 13.2. The lowest BCUT2D eigenvalue weighted by Gasteiger charge is -2.29. The van der Waals surface area contributed by atoms with Crippen molar-refractivity contribution >= 4 is 11.9 Å². The van der Waals surface area contributed by atoms with E-state index in [4.69, 9.17) is 5.10 Å². The van der Waals surface area contributed by atoms with E-state index in [1.54, 1.807) is 0 Å². The van der Waals surface area contributed by atoms with Crippen molar-refractivity contribution in [2.45, 2.75) is 84.5 Å². The van der Waals surface area contributed by atoms with Crippen molar-refractivity contribution in [2.75, 3.05) is 0 Å². The Kier molecular flexibility index (Phi) is 10.0. The van der Waals surface area contributed by atoms with Gasteiger partial charge in [-0.15, -0.1) is 0 Å². The molecule has 2 nitrogen and oxygen atoms in total. The molecule has 0 heterocycles. The molecule has 0 spiro atoms. The summed E-state index contributed by atoms with van der Waals surface area (Å²) >= 11 is 0. The molecule has 166 valence electrons. The highest BCUT2D eigenvalue weighted by molar-refractivity contribution is 6.02. The molecule has 2 heteroatoms. The van der Waals surface area contributed by atoms with E-state index in [-0.39, 0.29) is 0 Å². The second-order valence-electron chi connectivity index (χ2n) is 9.15. The van der Waals surface area contributed by atoms with Crippen molar-refractivity contribution < 1.29 is 0 Å². The van der Waals surface area contributed by atoms with Crippen LogP contribution in [-0.2, 0) is 6.42 Å². The molecule has 1 aliphatic carbocycles. The minimum atomic E-state index is 0.526. The summed E-state index contributed by atoms with van der Waals surface area (Å²) in [5.74, 6) is 1.44. The Morgan fingerprint density at radius 2 is 1.55 bits per heavy atom. The highest BCUT2D eigenvalue weighted by Crippen LogP contribution is 2.34. The van der Waals surface area contributed by atoms with Gasteiger partial charge in [-0.1, -0.05) is 101 Å². The first-order valence-corrected chi connectivity index (χ1v) is 12.6. The van der Waals surface area contributed by atoms with Gasteiger partial charge in [-0.3, -0.25) is 0 Å². The zero-order chi connectivity index (χ0) is 21.7. The fraction of sp³-hybridized carbons (Fsp3) is 0.517. The normalized spacial score (nSPS) is 19.7. The van der Waals surface area contributed by atoms with Crippen LogP contribution in [0.25, 0.3) is 0 Å². The van der Waals surface area contributed by atoms with Gasteiger partial charge < -0.3 is 0 Å². The largest absolute Gasteiger partial charge is 0.158 e. The molecular formula is C29H40N2. The molecule has 1 fully saturated rings. The minimum absolute atomic E-state index is 0.526. The van der Waals surface area contributed by atoms with Crippen LogP contribution in [0.4, 0.5) is 0 Å². The van der Waals surface area contributed by atoms with Crippen molar-refractivity contribution in [1.82, 2.24) is 0 Å². The van der Waals surface area contributed by atoms with E-state index >= 15 is 0 Å². The molecule has 31 heavy (non-hydrogen) atoms. The summed E-state index contributed by atoms with van der Waals surface area (Å²) in [6.45, 7) is 4.53. The van der Waals surface area contributed by atoms with E-state index in [0.29, 0.717) is 5.92 Å². The lowest BCUT2D eigenvalue weighted by atomic mass is 9.76. The molecule has 0 saturated heterocycles. The first-order valence-electron chi connectivity index (χ1n) is 12.6. The van der Waals surface area contributed by atoms with E-state index in [0.717, 1.165) is 17.9 Å². The van der Waals surface area contributed by atoms with Crippen molar-refractivity contribution in [3.8, 4) is 0 Å². The number of nitrogens with zero attached hydrogens (tertiary/aromatic N) is 2. The highest BCUT2D eigenvalue weighted by Gasteiger charge is 2.25. The molecule has 2 aromatic rings. The lowest BCUT2D eigenvalue weighted by Crippen LogP contribution is -2.22. The molecule has 0 aliphatic heterocycles. The predicted molar refractivity (Wildman–Crippen MR) is 135 cm³/mol. The second-order valence-corrected chi connectivity index (χ2v) is 9.15. The van der Waals surface area contributed by atoms with Crippen LogP contribution < -0.4 is 0 Å². The molecular weight excluding hydrogens is 376 g/mol. The molecule has 1 saturated carbocycles. The predicted octanol–water partition coefficient (Wildman–Crippen LogP) is 8.24. The number of unbranched alkanes of at least 4 members (excludes halogenated alkanes) is 3. The van der Waals surface area contributed by atoms with Crippen LogP contribution in [-0.4, -0.2) is 11.9 Å². The molecule has 0 amide bonds. The molecule has 1 aliphatic rings. The number of benzene rings is 2. The van der Waals surface area contributed by atoms with Crippen LogP contribution in [0.2, 0.25) is 0 Å². The van der Waals surface area contributed by atoms with Gasteiger partial charge in [0.05, 0.1) is 11.9 Å². The zero-order valence-electron chi connectivity index (χ0n) is 19.6. The highest BCUT2D eigenvalue weighted by atomic mass is 15.2. The van der Waals surface area contributed by atoms with Gasteiger partial charge in [0.15, 0.2) is 0 Å². The monoisotopic (exact) mass is 416 g/mol. The summed E-state index contributed by atoms with van der Waals surface area (Å²) in [6.07, 6.45) is 16.2. The van der Waals surface area contributed by atoms with E-state index in [1.165, 1.54) is 81.0 Å². The van der Waals surface area contributed by atoms with Gasteiger partial charge in [-0.05, 0) is 61.1 Å². The van der Waals surface area contributed by atoms with Crippen LogP contribution in [0, 0.1) is 11.8 Å². The molecule has 0 bridgehead atoms. The van der Waals surface area contributed by atoms with E-state index in [2.05, 4.69) is 73.5 Å². The molecule has 0 unspecified atom stereocenters. The summed E-state index contributed by atoms with van der Waals surface area (Å²) in [5.41, 5.74) is 4.92. The summed E-state index contributed by atoms with van der Waals surface area (Å²) in [6, 6.07) is 19.4. The summed E-state index contributed by atoms with van der Waals surface area (Å²) in [4.78, 5) is 0. The Bertz CT molecular complexity index is 796. The Balaban J connectivity index is 1.65. The maximum atomic E-state index is 4.77. The standard InChI is InChI=1S/C29H40N2/c1-3-5-8-12-25-19-21-28(22-20-25)29(27-13-9-7-10-14-27)31-30-23-26-17-15-24(16-18-26)11-6-4-2/h7,9-10,13-18,23,25,28H,3-6,8,11-12,19-22H2,1-2H3. The van der Waals surface area contributed by atoms with E-state index in [9.17, 15) is 0 Å². The van der Waals surface area contributed by atoms with Gasteiger partial charge in [-0.25, -0.2) is 0 Å².